The van der Waals surface area contributed by atoms with Gasteiger partial charge in [-0.1, -0.05) is 18.2 Å². The Morgan fingerprint density at radius 3 is 2.17 bits per heavy atom. The van der Waals surface area contributed by atoms with Crippen molar-refractivity contribution >= 4 is 11.6 Å². The highest BCUT2D eigenvalue weighted by Crippen LogP contribution is 2.08. The first-order valence-electron chi connectivity index (χ1n) is 6.57. The van der Waals surface area contributed by atoms with Crippen LogP contribution in [0.5, 0.6) is 5.75 Å². The summed E-state index contributed by atoms with van der Waals surface area (Å²) in [7, 11) is 0. The van der Waals surface area contributed by atoms with Crippen LogP contribution in [0.1, 0.15) is 0 Å². The summed E-state index contributed by atoms with van der Waals surface area (Å²) in [5.41, 5.74) is 0. The molecule has 0 amide bonds. The smallest absolute Gasteiger partial charge is 0.119 e. The zero-order valence-corrected chi connectivity index (χ0v) is 11.5. The molecule has 0 aromatic heterocycles. The van der Waals surface area contributed by atoms with Crippen molar-refractivity contribution in [2.75, 3.05) is 51.8 Å². The van der Waals surface area contributed by atoms with Gasteiger partial charge in [0.15, 0.2) is 0 Å². The number of benzene rings is 1. The monoisotopic (exact) mass is 268 g/mol. The van der Waals surface area contributed by atoms with Crippen molar-refractivity contribution in [1.29, 1.82) is 0 Å². The number of halogens is 1. The molecule has 1 fully saturated rings. The SMILES string of the molecule is ClCCN1CCN(CCOc2ccccc2)CC1. The average Bonchev–Trinajstić information content (AvgIpc) is 2.42. The molecule has 2 rings (SSSR count). The van der Waals surface area contributed by atoms with Gasteiger partial charge in [0.2, 0.25) is 0 Å². The summed E-state index contributed by atoms with van der Waals surface area (Å²) in [4.78, 5) is 4.87. The van der Waals surface area contributed by atoms with E-state index in [9.17, 15) is 0 Å². The minimum atomic E-state index is 0.733. The van der Waals surface area contributed by atoms with Crippen LogP contribution in [0.2, 0.25) is 0 Å². The number of ether oxygens (including phenoxy) is 1. The third-order valence-corrected chi connectivity index (χ3v) is 3.45. The molecule has 0 atom stereocenters. The molecule has 0 unspecified atom stereocenters. The summed E-state index contributed by atoms with van der Waals surface area (Å²) in [5, 5.41) is 0. The fourth-order valence-corrected chi connectivity index (χ4v) is 2.40. The molecule has 0 N–H and O–H groups in total. The second-order valence-electron chi connectivity index (χ2n) is 4.53. The summed E-state index contributed by atoms with van der Waals surface area (Å²) in [5.74, 6) is 1.69. The van der Waals surface area contributed by atoms with Gasteiger partial charge in [0.25, 0.3) is 0 Å². The van der Waals surface area contributed by atoms with Crippen molar-refractivity contribution in [2.24, 2.45) is 0 Å². The van der Waals surface area contributed by atoms with Gasteiger partial charge in [0, 0.05) is 45.1 Å². The summed E-state index contributed by atoms with van der Waals surface area (Å²) in [6.45, 7) is 7.26. The predicted molar refractivity (Wildman–Crippen MR) is 75.5 cm³/mol. The molecular formula is C14H21ClN2O. The van der Waals surface area contributed by atoms with Crippen molar-refractivity contribution in [3.8, 4) is 5.75 Å². The molecule has 3 nitrogen and oxygen atoms in total. The normalized spacial score (nSPS) is 17.8. The Hall–Kier alpha value is -0.770. The van der Waals surface area contributed by atoms with Crippen molar-refractivity contribution < 1.29 is 4.74 Å². The Bertz CT molecular complexity index is 326. The molecule has 1 aliphatic heterocycles. The van der Waals surface area contributed by atoms with Gasteiger partial charge < -0.3 is 4.74 Å². The third kappa shape index (κ3) is 4.48. The lowest BCUT2D eigenvalue weighted by atomic mass is 10.3. The average molecular weight is 269 g/mol. The number of hydrogen-bond donors (Lipinski definition) is 0. The maximum Gasteiger partial charge on any atom is 0.119 e. The summed E-state index contributed by atoms with van der Waals surface area (Å²) in [6, 6.07) is 10.0. The number of para-hydroxylation sites is 1. The number of rotatable bonds is 6. The highest BCUT2D eigenvalue weighted by molar-refractivity contribution is 6.18. The van der Waals surface area contributed by atoms with Crippen LogP contribution in [0.25, 0.3) is 0 Å². The molecule has 1 aliphatic rings. The van der Waals surface area contributed by atoms with Crippen LogP contribution in [0.15, 0.2) is 30.3 Å². The van der Waals surface area contributed by atoms with Gasteiger partial charge in [-0.3, -0.25) is 9.80 Å². The maximum absolute atomic E-state index is 5.75. The van der Waals surface area contributed by atoms with E-state index in [4.69, 9.17) is 16.3 Å². The molecule has 0 saturated carbocycles. The Morgan fingerprint density at radius 2 is 1.56 bits per heavy atom. The lowest BCUT2D eigenvalue weighted by molar-refractivity contribution is 0.121. The largest absolute Gasteiger partial charge is 0.492 e. The van der Waals surface area contributed by atoms with E-state index in [1.807, 2.05) is 30.3 Å². The highest BCUT2D eigenvalue weighted by Gasteiger charge is 2.15. The number of hydrogen-bond acceptors (Lipinski definition) is 3. The molecule has 0 spiro atoms. The Balaban J connectivity index is 1.61. The van der Waals surface area contributed by atoms with Crippen molar-refractivity contribution in [1.82, 2.24) is 9.80 Å². The molecule has 0 bridgehead atoms. The van der Waals surface area contributed by atoms with Crippen LogP contribution in [-0.2, 0) is 0 Å². The second-order valence-corrected chi connectivity index (χ2v) is 4.91. The fourth-order valence-electron chi connectivity index (χ4n) is 2.17. The van der Waals surface area contributed by atoms with E-state index in [0.29, 0.717) is 0 Å². The minimum Gasteiger partial charge on any atom is -0.492 e. The number of alkyl halides is 1. The first-order chi connectivity index (χ1) is 8.88. The van der Waals surface area contributed by atoms with Crippen LogP contribution in [0, 0.1) is 0 Å². The topological polar surface area (TPSA) is 15.7 Å². The molecule has 1 saturated heterocycles. The third-order valence-electron chi connectivity index (χ3n) is 3.29. The van der Waals surface area contributed by atoms with E-state index in [-0.39, 0.29) is 0 Å². The molecule has 4 heteroatoms. The van der Waals surface area contributed by atoms with Gasteiger partial charge in [-0.15, -0.1) is 11.6 Å². The van der Waals surface area contributed by atoms with Crippen molar-refractivity contribution in [3.05, 3.63) is 30.3 Å². The lowest BCUT2D eigenvalue weighted by Crippen LogP contribution is -2.47. The Morgan fingerprint density at radius 1 is 0.944 bits per heavy atom. The molecule has 1 heterocycles. The molecule has 100 valence electrons. The van der Waals surface area contributed by atoms with Crippen LogP contribution in [0.3, 0.4) is 0 Å². The summed E-state index contributed by atoms with van der Waals surface area (Å²) in [6.07, 6.45) is 0. The molecular weight excluding hydrogens is 248 g/mol. The number of nitrogens with zero attached hydrogens (tertiary/aromatic N) is 2. The van der Waals surface area contributed by atoms with Gasteiger partial charge in [-0.05, 0) is 12.1 Å². The molecule has 1 aromatic carbocycles. The van der Waals surface area contributed by atoms with Crippen molar-refractivity contribution in [3.63, 3.8) is 0 Å². The fraction of sp³-hybridized carbons (Fsp3) is 0.571. The van der Waals surface area contributed by atoms with E-state index in [1.54, 1.807) is 0 Å². The quantitative estimate of drug-likeness (QED) is 0.733. The van der Waals surface area contributed by atoms with E-state index < -0.39 is 0 Å². The first kappa shape index (κ1) is 13.7. The maximum atomic E-state index is 5.75. The molecule has 0 radical (unpaired) electrons. The Labute approximate surface area is 114 Å². The van der Waals surface area contributed by atoms with Gasteiger partial charge in [-0.2, -0.15) is 0 Å². The summed E-state index contributed by atoms with van der Waals surface area (Å²) >= 11 is 5.75. The zero-order valence-electron chi connectivity index (χ0n) is 10.7. The highest BCUT2D eigenvalue weighted by atomic mass is 35.5. The van der Waals surface area contributed by atoms with E-state index in [2.05, 4.69) is 9.80 Å². The first-order valence-corrected chi connectivity index (χ1v) is 7.10. The van der Waals surface area contributed by atoms with E-state index in [0.717, 1.165) is 57.5 Å². The van der Waals surface area contributed by atoms with E-state index >= 15 is 0 Å². The second kappa shape index (κ2) is 7.62. The van der Waals surface area contributed by atoms with Gasteiger partial charge in [0.1, 0.15) is 12.4 Å². The molecule has 0 aliphatic carbocycles. The summed E-state index contributed by atoms with van der Waals surface area (Å²) < 4.78 is 5.71. The van der Waals surface area contributed by atoms with Gasteiger partial charge in [0.05, 0.1) is 0 Å². The van der Waals surface area contributed by atoms with Gasteiger partial charge in [-0.25, -0.2) is 0 Å². The van der Waals surface area contributed by atoms with Gasteiger partial charge >= 0.3 is 0 Å². The number of piperazine rings is 1. The minimum absolute atomic E-state index is 0.733. The van der Waals surface area contributed by atoms with Crippen LogP contribution in [-0.4, -0.2) is 61.6 Å². The predicted octanol–water partition coefficient (Wildman–Crippen LogP) is 1.92. The van der Waals surface area contributed by atoms with Crippen molar-refractivity contribution in [2.45, 2.75) is 0 Å². The Kier molecular flexibility index (Phi) is 5.78. The molecule has 18 heavy (non-hydrogen) atoms. The van der Waals surface area contributed by atoms with Crippen LogP contribution in [0.4, 0.5) is 0 Å². The molecule has 1 aromatic rings. The van der Waals surface area contributed by atoms with E-state index in [1.165, 1.54) is 0 Å². The standard InChI is InChI=1S/C14H21ClN2O/c15-6-7-16-8-10-17(11-9-16)12-13-18-14-4-2-1-3-5-14/h1-5H,6-13H2. The zero-order chi connectivity index (χ0) is 12.6. The lowest BCUT2D eigenvalue weighted by Gasteiger charge is -2.34. The van der Waals surface area contributed by atoms with Crippen LogP contribution < -0.4 is 4.74 Å². The van der Waals surface area contributed by atoms with Crippen LogP contribution >= 0.6 is 11.6 Å².